The molecule has 2 saturated heterocycles. The molecule has 0 atom stereocenters. The Hall–Kier alpha value is -3.17. The van der Waals surface area contributed by atoms with Crippen molar-refractivity contribution in [2.24, 2.45) is 0 Å². The molecule has 198 valence electrons. The molecule has 37 heavy (non-hydrogen) atoms. The molecule has 0 spiro atoms. The lowest BCUT2D eigenvalue weighted by Gasteiger charge is -2.34. The third-order valence-corrected chi connectivity index (χ3v) is 7.82. The minimum Gasteiger partial charge on any atom is -0.339 e. The second-order valence-corrected chi connectivity index (χ2v) is 10.2. The van der Waals surface area contributed by atoms with Crippen molar-refractivity contribution >= 4 is 11.9 Å². The molecule has 1 aliphatic carbocycles. The minimum absolute atomic E-state index is 0.0201. The molecule has 2 aliphatic heterocycles. The van der Waals surface area contributed by atoms with E-state index in [1.54, 1.807) is 4.90 Å². The maximum absolute atomic E-state index is 14.4. The molecule has 3 amide bonds. The standard InChI is InChI=1S/C27H30F4N4O2/c28-23-15-21(27(29,30)31)16-32-24(23)19-7-9-22(10-8-19)35-14-13-34(26(35)37)17-18-3-5-20(6-4-18)25(36)33-11-1-2-12-33/h3-6,15-16,19,22H,1-2,7-14,17H2. The van der Waals surface area contributed by atoms with E-state index in [2.05, 4.69) is 4.98 Å². The first kappa shape index (κ1) is 25.5. The number of benzene rings is 1. The van der Waals surface area contributed by atoms with Crippen LogP contribution in [0.25, 0.3) is 0 Å². The number of carbonyl (C=O) groups excluding carboxylic acids is 2. The van der Waals surface area contributed by atoms with Gasteiger partial charge < -0.3 is 14.7 Å². The number of alkyl halides is 3. The van der Waals surface area contributed by atoms with Gasteiger partial charge in [0.15, 0.2) is 0 Å². The first-order valence-electron chi connectivity index (χ1n) is 12.9. The van der Waals surface area contributed by atoms with Crippen molar-refractivity contribution in [3.63, 3.8) is 0 Å². The fraction of sp³-hybridized carbons (Fsp3) is 0.519. The number of nitrogens with zero attached hydrogens (tertiary/aromatic N) is 4. The van der Waals surface area contributed by atoms with E-state index in [-0.39, 0.29) is 29.6 Å². The summed E-state index contributed by atoms with van der Waals surface area (Å²) in [7, 11) is 0. The lowest BCUT2D eigenvalue weighted by atomic mass is 9.83. The molecular formula is C27H30F4N4O2. The van der Waals surface area contributed by atoms with Gasteiger partial charge in [-0.25, -0.2) is 9.18 Å². The molecule has 3 heterocycles. The minimum atomic E-state index is -4.63. The molecule has 0 unspecified atom stereocenters. The van der Waals surface area contributed by atoms with Crippen LogP contribution in [0, 0.1) is 5.82 Å². The molecule has 0 N–H and O–H groups in total. The van der Waals surface area contributed by atoms with Crippen molar-refractivity contribution in [2.45, 2.75) is 63.2 Å². The first-order valence-corrected chi connectivity index (χ1v) is 12.9. The predicted octanol–water partition coefficient (Wildman–Crippen LogP) is 5.44. The molecule has 2 aromatic rings. The Bertz CT molecular complexity index is 1140. The van der Waals surface area contributed by atoms with Gasteiger partial charge in [-0.15, -0.1) is 0 Å². The highest BCUT2D eigenvalue weighted by Gasteiger charge is 2.37. The quantitative estimate of drug-likeness (QED) is 0.496. The van der Waals surface area contributed by atoms with Gasteiger partial charge in [0.25, 0.3) is 5.91 Å². The van der Waals surface area contributed by atoms with E-state index in [0.29, 0.717) is 63.1 Å². The maximum Gasteiger partial charge on any atom is 0.417 e. The Kier molecular flexibility index (Phi) is 7.09. The number of likely N-dealkylation sites (tertiary alicyclic amines) is 1. The number of pyridine rings is 1. The summed E-state index contributed by atoms with van der Waals surface area (Å²) < 4.78 is 52.8. The summed E-state index contributed by atoms with van der Waals surface area (Å²) in [4.78, 5) is 35.0. The van der Waals surface area contributed by atoms with Crippen LogP contribution in [0.4, 0.5) is 22.4 Å². The average molecular weight is 519 g/mol. The van der Waals surface area contributed by atoms with Crippen molar-refractivity contribution in [1.82, 2.24) is 19.7 Å². The fourth-order valence-electron chi connectivity index (χ4n) is 5.73. The highest BCUT2D eigenvalue weighted by molar-refractivity contribution is 5.94. The largest absolute Gasteiger partial charge is 0.417 e. The van der Waals surface area contributed by atoms with Crippen LogP contribution in [0.1, 0.15) is 71.6 Å². The number of urea groups is 1. The summed E-state index contributed by atoms with van der Waals surface area (Å²) in [5.41, 5.74) is 0.613. The van der Waals surface area contributed by atoms with Crippen LogP contribution in [-0.4, -0.2) is 63.8 Å². The molecular weight excluding hydrogens is 488 g/mol. The highest BCUT2D eigenvalue weighted by atomic mass is 19.4. The Morgan fingerprint density at radius 2 is 1.65 bits per heavy atom. The number of rotatable bonds is 5. The van der Waals surface area contributed by atoms with E-state index < -0.39 is 17.6 Å². The summed E-state index contributed by atoms with van der Waals surface area (Å²) >= 11 is 0. The topological polar surface area (TPSA) is 56.8 Å². The molecule has 1 saturated carbocycles. The van der Waals surface area contributed by atoms with Gasteiger partial charge in [-0.3, -0.25) is 9.78 Å². The van der Waals surface area contributed by atoms with E-state index in [4.69, 9.17) is 0 Å². The van der Waals surface area contributed by atoms with Crippen LogP contribution in [0.2, 0.25) is 0 Å². The van der Waals surface area contributed by atoms with Crippen molar-refractivity contribution in [3.8, 4) is 0 Å². The van der Waals surface area contributed by atoms with Gasteiger partial charge in [0.05, 0.1) is 11.3 Å². The molecule has 0 radical (unpaired) electrons. The zero-order valence-corrected chi connectivity index (χ0v) is 20.5. The second kappa shape index (κ2) is 10.3. The normalized spacial score (nSPS) is 22.7. The van der Waals surface area contributed by atoms with Gasteiger partial charge in [-0.2, -0.15) is 13.2 Å². The van der Waals surface area contributed by atoms with Crippen molar-refractivity contribution < 1.29 is 27.2 Å². The maximum atomic E-state index is 14.4. The van der Waals surface area contributed by atoms with Gasteiger partial charge in [-0.05, 0) is 62.3 Å². The summed E-state index contributed by atoms with van der Waals surface area (Å²) in [5, 5.41) is 0. The SMILES string of the molecule is O=C(c1ccc(CN2CCN(C3CCC(c4ncc(C(F)(F)F)cc4F)CC3)C2=O)cc1)N1CCCC1. The van der Waals surface area contributed by atoms with Crippen LogP contribution < -0.4 is 0 Å². The molecule has 3 aliphatic rings. The van der Waals surface area contributed by atoms with Crippen LogP contribution >= 0.6 is 0 Å². The van der Waals surface area contributed by atoms with Crippen molar-refractivity contribution in [1.29, 1.82) is 0 Å². The molecule has 0 bridgehead atoms. The van der Waals surface area contributed by atoms with E-state index in [9.17, 15) is 27.2 Å². The average Bonchev–Trinajstić information content (AvgIpc) is 3.54. The monoisotopic (exact) mass is 518 g/mol. The van der Waals surface area contributed by atoms with E-state index in [1.165, 1.54) is 0 Å². The summed E-state index contributed by atoms with van der Waals surface area (Å²) in [6.45, 7) is 3.27. The second-order valence-electron chi connectivity index (χ2n) is 10.2. The lowest BCUT2D eigenvalue weighted by molar-refractivity contribution is -0.138. The fourth-order valence-corrected chi connectivity index (χ4v) is 5.73. The van der Waals surface area contributed by atoms with Crippen LogP contribution in [0.5, 0.6) is 0 Å². The van der Waals surface area contributed by atoms with Crippen molar-refractivity contribution in [3.05, 3.63) is 64.7 Å². The molecule has 1 aromatic carbocycles. The molecule has 1 aromatic heterocycles. The van der Waals surface area contributed by atoms with Crippen LogP contribution in [0.15, 0.2) is 36.5 Å². The van der Waals surface area contributed by atoms with Gasteiger partial charge in [0.1, 0.15) is 5.82 Å². The highest BCUT2D eigenvalue weighted by Crippen LogP contribution is 2.37. The number of halogens is 4. The Labute approximate surface area is 213 Å². The van der Waals surface area contributed by atoms with E-state index in [0.717, 1.165) is 31.5 Å². The summed E-state index contributed by atoms with van der Waals surface area (Å²) in [6.07, 6.45) is 0.593. The third-order valence-electron chi connectivity index (χ3n) is 7.82. The number of aromatic nitrogens is 1. The number of hydrogen-bond donors (Lipinski definition) is 0. The predicted molar refractivity (Wildman–Crippen MR) is 128 cm³/mol. The van der Waals surface area contributed by atoms with Crippen molar-refractivity contribution in [2.75, 3.05) is 26.2 Å². The van der Waals surface area contributed by atoms with Gasteiger partial charge >= 0.3 is 12.2 Å². The molecule has 10 heteroatoms. The van der Waals surface area contributed by atoms with Crippen LogP contribution in [0.3, 0.4) is 0 Å². The molecule has 3 fully saturated rings. The van der Waals surface area contributed by atoms with Gasteiger partial charge in [0, 0.05) is 56.4 Å². The Balaban J connectivity index is 1.14. The molecule has 6 nitrogen and oxygen atoms in total. The molecule has 5 rings (SSSR count). The van der Waals surface area contributed by atoms with Gasteiger partial charge in [0.2, 0.25) is 0 Å². The Morgan fingerprint density at radius 3 is 2.27 bits per heavy atom. The number of carbonyl (C=O) groups is 2. The number of amides is 3. The van der Waals surface area contributed by atoms with Crippen LogP contribution in [-0.2, 0) is 12.7 Å². The van der Waals surface area contributed by atoms with E-state index in [1.807, 2.05) is 34.1 Å². The summed E-state index contributed by atoms with van der Waals surface area (Å²) in [5.74, 6) is -1.13. The van der Waals surface area contributed by atoms with E-state index >= 15 is 0 Å². The Morgan fingerprint density at radius 1 is 0.973 bits per heavy atom. The number of hydrogen-bond acceptors (Lipinski definition) is 3. The third kappa shape index (κ3) is 5.43. The smallest absolute Gasteiger partial charge is 0.339 e. The lowest BCUT2D eigenvalue weighted by Crippen LogP contribution is -2.41. The summed E-state index contributed by atoms with van der Waals surface area (Å²) in [6, 6.07) is 7.94. The zero-order chi connectivity index (χ0) is 26.2. The van der Waals surface area contributed by atoms with Gasteiger partial charge in [-0.1, -0.05) is 12.1 Å². The zero-order valence-electron chi connectivity index (χ0n) is 20.5. The first-order chi connectivity index (χ1) is 17.7.